The standard InChI is InChI=1S/C15H24N2O/c1-10(2)16-6-5-15-17-9-14(18-15)13-8-11-3-4-12(13)7-11/h9-13,16H,3-8H2,1-2H3. The third-order valence-corrected chi connectivity index (χ3v) is 4.57. The molecule has 1 N–H and O–H groups in total. The molecule has 3 heteroatoms. The molecule has 2 fully saturated rings. The molecule has 0 aromatic carbocycles. The number of fused-ring (bicyclic) bond motifs is 2. The summed E-state index contributed by atoms with van der Waals surface area (Å²) in [5, 5.41) is 3.40. The molecule has 18 heavy (non-hydrogen) atoms. The van der Waals surface area contributed by atoms with Crippen molar-refractivity contribution in [1.82, 2.24) is 10.3 Å². The highest BCUT2D eigenvalue weighted by atomic mass is 16.4. The van der Waals surface area contributed by atoms with Gasteiger partial charge in [0.25, 0.3) is 0 Å². The number of nitrogens with zero attached hydrogens (tertiary/aromatic N) is 1. The first kappa shape index (κ1) is 12.2. The molecule has 2 aliphatic carbocycles. The Morgan fingerprint density at radius 1 is 1.39 bits per heavy atom. The van der Waals surface area contributed by atoms with Crippen molar-refractivity contribution in [2.45, 2.75) is 57.9 Å². The Labute approximate surface area is 109 Å². The molecule has 2 saturated carbocycles. The van der Waals surface area contributed by atoms with E-state index in [9.17, 15) is 0 Å². The molecule has 2 aliphatic rings. The maximum Gasteiger partial charge on any atom is 0.195 e. The van der Waals surface area contributed by atoms with Crippen LogP contribution in [0.15, 0.2) is 10.6 Å². The van der Waals surface area contributed by atoms with Crippen LogP contribution in [0.1, 0.15) is 57.1 Å². The number of nitrogens with one attached hydrogen (secondary N) is 1. The average molecular weight is 248 g/mol. The Morgan fingerprint density at radius 2 is 2.28 bits per heavy atom. The lowest BCUT2D eigenvalue weighted by atomic mass is 9.87. The van der Waals surface area contributed by atoms with E-state index in [1.165, 1.54) is 25.7 Å². The van der Waals surface area contributed by atoms with Crippen LogP contribution in [0.25, 0.3) is 0 Å². The van der Waals surface area contributed by atoms with E-state index >= 15 is 0 Å². The van der Waals surface area contributed by atoms with Crippen LogP contribution in [0, 0.1) is 11.8 Å². The molecule has 3 nitrogen and oxygen atoms in total. The molecule has 0 radical (unpaired) electrons. The summed E-state index contributed by atoms with van der Waals surface area (Å²) in [7, 11) is 0. The molecular weight excluding hydrogens is 224 g/mol. The largest absolute Gasteiger partial charge is 0.445 e. The zero-order valence-electron chi connectivity index (χ0n) is 11.5. The molecule has 3 rings (SSSR count). The van der Waals surface area contributed by atoms with Gasteiger partial charge in [-0.15, -0.1) is 0 Å². The molecule has 0 amide bonds. The summed E-state index contributed by atoms with van der Waals surface area (Å²) in [4.78, 5) is 4.43. The molecular formula is C15H24N2O. The van der Waals surface area contributed by atoms with Crippen LogP contribution in [-0.4, -0.2) is 17.6 Å². The van der Waals surface area contributed by atoms with Gasteiger partial charge in [0.15, 0.2) is 5.89 Å². The molecule has 1 heterocycles. The quantitative estimate of drug-likeness (QED) is 0.870. The predicted octanol–water partition coefficient (Wildman–Crippen LogP) is 3.12. The topological polar surface area (TPSA) is 38.1 Å². The minimum absolute atomic E-state index is 0.532. The SMILES string of the molecule is CC(C)NCCc1ncc(C2CC3CCC2C3)o1. The van der Waals surface area contributed by atoms with Gasteiger partial charge in [-0.3, -0.25) is 0 Å². The summed E-state index contributed by atoms with van der Waals surface area (Å²) >= 11 is 0. The minimum atomic E-state index is 0.532. The van der Waals surface area contributed by atoms with E-state index in [1.54, 1.807) is 0 Å². The molecule has 1 aromatic rings. The highest BCUT2D eigenvalue weighted by molar-refractivity contribution is 5.10. The van der Waals surface area contributed by atoms with E-state index in [1.807, 2.05) is 6.20 Å². The van der Waals surface area contributed by atoms with Crippen LogP contribution in [0.5, 0.6) is 0 Å². The number of rotatable bonds is 5. The lowest BCUT2D eigenvalue weighted by Gasteiger charge is -2.18. The van der Waals surface area contributed by atoms with Gasteiger partial charge in [0, 0.05) is 24.9 Å². The molecule has 3 atom stereocenters. The number of hydrogen-bond acceptors (Lipinski definition) is 3. The zero-order chi connectivity index (χ0) is 12.5. The van der Waals surface area contributed by atoms with Crippen molar-refractivity contribution in [2.75, 3.05) is 6.54 Å². The van der Waals surface area contributed by atoms with Gasteiger partial charge in [0.1, 0.15) is 5.76 Å². The van der Waals surface area contributed by atoms with Crippen LogP contribution in [0.4, 0.5) is 0 Å². The molecule has 2 bridgehead atoms. The monoisotopic (exact) mass is 248 g/mol. The summed E-state index contributed by atoms with van der Waals surface area (Å²) in [5.41, 5.74) is 0. The van der Waals surface area contributed by atoms with Gasteiger partial charge in [-0.1, -0.05) is 20.3 Å². The van der Waals surface area contributed by atoms with Crippen LogP contribution in [0.3, 0.4) is 0 Å². The fourth-order valence-electron chi connectivity index (χ4n) is 3.67. The Morgan fingerprint density at radius 3 is 2.94 bits per heavy atom. The van der Waals surface area contributed by atoms with Crippen molar-refractivity contribution >= 4 is 0 Å². The number of hydrogen-bond donors (Lipinski definition) is 1. The molecule has 1 aromatic heterocycles. The van der Waals surface area contributed by atoms with Crippen molar-refractivity contribution < 1.29 is 4.42 Å². The van der Waals surface area contributed by atoms with E-state index in [0.717, 1.165) is 36.5 Å². The minimum Gasteiger partial charge on any atom is -0.445 e. The number of oxazole rings is 1. The van der Waals surface area contributed by atoms with Crippen LogP contribution in [0.2, 0.25) is 0 Å². The van der Waals surface area contributed by atoms with Gasteiger partial charge in [0.05, 0.1) is 6.20 Å². The lowest BCUT2D eigenvalue weighted by molar-refractivity contribution is 0.343. The van der Waals surface area contributed by atoms with Crippen LogP contribution >= 0.6 is 0 Å². The second-order valence-electron chi connectivity index (χ2n) is 6.30. The van der Waals surface area contributed by atoms with Gasteiger partial charge in [0.2, 0.25) is 0 Å². The predicted molar refractivity (Wildman–Crippen MR) is 71.5 cm³/mol. The van der Waals surface area contributed by atoms with Gasteiger partial charge < -0.3 is 9.73 Å². The van der Waals surface area contributed by atoms with Gasteiger partial charge >= 0.3 is 0 Å². The Bertz CT molecular complexity index is 399. The van der Waals surface area contributed by atoms with Gasteiger partial charge in [-0.05, 0) is 31.1 Å². The van der Waals surface area contributed by atoms with E-state index in [0.29, 0.717) is 12.0 Å². The van der Waals surface area contributed by atoms with E-state index < -0.39 is 0 Å². The normalized spacial score (nSPS) is 30.5. The molecule has 0 saturated heterocycles. The van der Waals surface area contributed by atoms with Crippen molar-refractivity contribution in [3.8, 4) is 0 Å². The highest BCUT2D eigenvalue weighted by Crippen LogP contribution is 2.52. The molecule has 0 spiro atoms. The maximum atomic E-state index is 5.95. The summed E-state index contributed by atoms with van der Waals surface area (Å²) < 4.78 is 5.95. The number of aromatic nitrogens is 1. The smallest absolute Gasteiger partial charge is 0.195 e. The second kappa shape index (κ2) is 5.04. The first-order chi connectivity index (χ1) is 8.72. The maximum absolute atomic E-state index is 5.95. The van der Waals surface area contributed by atoms with Gasteiger partial charge in [-0.25, -0.2) is 4.98 Å². The summed E-state index contributed by atoms with van der Waals surface area (Å²) in [5.74, 6) is 4.58. The van der Waals surface area contributed by atoms with Crippen molar-refractivity contribution in [1.29, 1.82) is 0 Å². The highest BCUT2D eigenvalue weighted by Gasteiger charge is 2.41. The second-order valence-corrected chi connectivity index (χ2v) is 6.30. The van der Waals surface area contributed by atoms with E-state index in [-0.39, 0.29) is 0 Å². The van der Waals surface area contributed by atoms with Crippen molar-refractivity contribution in [2.24, 2.45) is 11.8 Å². The molecule has 0 aliphatic heterocycles. The van der Waals surface area contributed by atoms with Crippen LogP contribution < -0.4 is 5.32 Å². The van der Waals surface area contributed by atoms with Crippen LogP contribution in [-0.2, 0) is 6.42 Å². The third-order valence-electron chi connectivity index (χ3n) is 4.57. The van der Waals surface area contributed by atoms with Gasteiger partial charge in [-0.2, -0.15) is 0 Å². The Hall–Kier alpha value is -0.830. The van der Waals surface area contributed by atoms with Crippen molar-refractivity contribution in [3.05, 3.63) is 17.8 Å². The average Bonchev–Trinajstić information content (AvgIpc) is 3.03. The van der Waals surface area contributed by atoms with Crippen molar-refractivity contribution in [3.63, 3.8) is 0 Å². The summed E-state index contributed by atoms with van der Waals surface area (Å²) in [6, 6.07) is 0.532. The van der Waals surface area contributed by atoms with E-state index in [4.69, 9.17) is 4.42 Å². The fraction of sp³-hybridized carbons (Fsp3) is 0.800. The Kier molecular flexibility index (Phi) is 3.42. The zero-order valence-corrected chi connectivity index (χ0v) is 11.5. The molecule has 3 unspecified atom stereocenters. The summed E-state index contributed by atoms with van der Waals surface area (Å²) in [6.07, 6.45) is 8.49. The molecule has 100 valence electrons. The third kappa shape index (κ3) is 2.46. The lowest BCUT2D eigenvalue weighted by Crippen LogP contribution is -2.24. The first-order valence-corrected chi connectivity index (χ1v) is 7.40. The first-order valence-electron chi connectivity index (χ1n) is 7.40. The fourth-order valence-corrected chi connectivity index (χ4v) is 3.67. The van der Waals surface area contributed by atoms with E-state index in [2.05, 4.69) is 24.1 Å². The Balaban J connectivity index is 1.56. The summed E-state index contributed by atoms with van der Waals surface area (Å²) in [6.45, 7) is 5.28.